The molecule has 92 valence electrons. The molecular formula is C13H17ClN2O. The molecule has 0 unspecified atom stereocenters. The van der Waals surface area contributed by atoms with Gasteiger partial charge in [-0.2, -0.15) is 0 Å². The topological polar surface area (TPSA) is 55.1 Å². The zero-order valence-electron chi connectivity index (χ0n) is 9.71. The summed E-state index contributed by atoms with van der Waals surface area (Å²) in [6, 6.07) is 5.11. The van der Waals surface area contributed by atoms with E-state index in [0.29, 0.717) is 22.8 Å². The maximum absolute atomic E-state index is 11.8. The third-order valence-electron chi connectivity index (χ3n) is 3.04. The molecule has 0 aliphatic heterocycles. The molecule has 1 fully saturated rings. The van der Waals surface area contributed by atoms with Crippen LogP contribution in [0.5, 0.6) is 0 Å². The molecule has 0 spiro atoms. The number of anilines is 1. The van der Waals surface area contributed by atoms with Gasteiger partial charge in [-0.05, 0) is 30.9 Å². The van der Waals surface area contributed by atoms with Gasteiger partial charge in [0.05, 0.1) is 16.3 Å². The highest BCUT2D eigenvalue weighted by Crippen LogP contribution is 2.33. The lowest BCUT2D eigenvalue weighted by atomic mass is 10.1. The third-order valence-corrected chi connectivity index (χ3v) is 3.47. The van der Waals surface area contributed by atoms with Gasteiger partial charge in [0.25, 0.3) is 5.91 Å². The number of hydrogen-bond donors (Lipinski definition) is 2. The lowest BCUT2D eigenvalue weighted by Crippen LogP contribution is -2.25. The van der Waals surface area contributed by atoms with Crippen molar-refractivity contribution >= 4 is 23.2 Å². The molecule has 0 heterocycles. The van der Waals surface area contributed by atoms with Crippen LogP contribution in [0.25, 0.3) is 0 Å². The van der Waals surface area contributed by atoms with Gasteiger partial charge in [-0.25, -0.2) is 0 Å². The molecule has 0 aromatic heterocycles. The van der Waals surface area contributed by atoms with Crippen LogP contribution in [0.15, 0.2) is 18.2 Å². The molecule has 17 heavy (non-hydrogen) atoms. The minimum absolute atomic E-state index is 0.141. The summed E-state index contributed by atoms with van der Waals surface area (Å²) in [5, 5.41) is 3.21. The van der Waals surface area contributed by atoms with Crippen molar-refractivity contribution in [1.29, 1.82) is 0 Å². The molecule has 3 N–H and O–H groups in total. The van der Waals surface area contributed by atoms with Gasteiger partial charge in [0.2, 0.25) is 0 Å². The van der Waals surface area contributed by atoms with E-state index in [0.717, 1.165) is 12.3 Å². The van der Waals surface area contributed by atoms with Gasteiger partial charge in [-0.3, -0.25) is 4.79 Å². The standard InChI is InChI=1S/C13H17ClN2O/c14-12-10(4-1-5-11(12)15)13(17)16-8-2-3-9-6-7-9/h1,4-5,9H,2-3,6-8,15H2,(H,16,17). The Morgan fingerprint density at radius 1 is 1.47 bits per heavy atom. The van der Waals surface area contributed by atoms with E-state index in [4.69, 9.17) is 17.3 Å². The van der Waals surface area contributed by atoms with E-state index < -0.39 is 0 Å². The highest BCUT2D eigenvalue weighted by atomic mass is 35.5. The Labute approximate surface area is 106 Å². The first-order chi connectivity index (χ1) is 8.18. The first-order valence-electron chi connectivity index (χ1n) is 6.00. The first-order valence-corrected chi connectivity index (χ1v) is 6.38. The number of halogens is 1. The normalized spacial score (nSPS) is 14.6. The van der Waals surface area contributed by atoms with E-state index in [9.17, 15) is 4.79 Å². The van der Waals surface area contributed by atoms with Crippen LogP contribution in [0, 0.1) is 5.92 Å². The minimum Gasteiger partial charge on any atom is -0.398 e. The lowest BCUT2D eigenvalue weighted by molar-refractivity contribution is 0.0953. The summed E-state index contributed by atoms with van der Waals surface area (Å²) >= 11 is 5.98. The second kappa shape index (κ2) is 5.41. The van der Waals surface area contributed by atoms with E-state index in [2.05, 4.69) is 5.32 Å². The van der Waals surface area contributed by atoms with Gasteiger partial charge in [0.15, 0.2) is 0 Å². The Bertz CT molecular complexity index is 416. The van der Waals surface area contributed by atoms with Crippen LogP contribution in [-0.2, 0) is 0 Å². The van der Waals surface area contributed by atoms with E-state index >= 15 is 0 Å². The number of nitrogens with one attached hydrogen (secondary N) is 1. The summed E-state index contributed by atoms with van der Waals surface area (Å²) in [5.74, 6) is 0.765. The van der Waals surface area contributed by atoms with Gasteiger partial charge in [0, 0.05) is 6.54 Å². The summed E-state index contributed by atoms with van der Waals surface area (Å²) in [4.78, 5) is 11.8. The Morgan fingerprint density at radius 3 is 2.94 bits per heavy atom. The Balaban J connectivity index is 1.83. The summed E-state index contributed by atoms with van der Waals surface area (Å²) in [7, 11) is 0. The zero-order valence-corrected chi connectivity index (χ0v) is 10.5. The fraction of sp³-hybridized carbons (Fsp3) is 0.462. The zero-order chi connectivity index (χ0) is 12.3. The van der Waals surface area contributed by atoms with Crippen molar-refractivity contribution in [3.63, 3.8) is 0 Å². The maximum atomic E-state index is 11.8. The maximum Gasteiger partial charge on any atom is 0.252 e. The Morgan fingerprint density at radius 2 is 2.24 bits per heavy atom. The van der Waals surface area contributed by atoms with E-state index in [1.54, 1.807) is 18.2 Å². The minimum atomic E-state index is -0.141. The molecule has 1 amide bonds. The van der Waals surface area contributed by atoms with Crippen molar-refractivity contribution < 1.29 is 4.79 Å². The van der Waals surface area contributed by atoms with Crippen LogP contribution >= 0.6 is 11.6 Å². The molecule has 0 atom stereocenters. The quantitative estimate of drug-likeness (QED) is 0.625. The number of hydrogen-bond acceptors (Lipinski definition) is 2. The average molecular weight is 253 g/mol. The molecule has 0 bridgehead atoms. The fourth-order valence-electron chi connectivity index (χ4n) is 1.82. The van der Waals surface area contributed by atoms with E-state index in [1.165, 1.54) is 19.3 Å². The molecule has 0 saturated heterocycles. The number of carbonyl (C=O) groups excluding carboxylic acids is 1. The highest BCUT2D eigenvalue weighted by Gasteiger charge is 2.20. The summed E-state index contributed by atoms with van der Waals surface area (Å²) in [6.07, 6.45) is 4.96. The molecule has 1 aliphatic rings. The van der Waals surface area contributed by atoms with Crippen molar-refractivity contribution in [3.8, 4) is 0 Å². The van der Waals surface area contributed by atoms with Crippen LogP contribution in [0.4, 0.5) is 5.69 Å². The summed E-state index contributed by atoms with van der Waals surface area (Å²) in [6.45, 7) is 0.709. The molecule has 2 rings (SSSR count). The fourth-order valence-corrected chi connectivity index (χ4v) is 2.03. The van der Waals surface area contributed by atoms with Crippen molar-refractivity contribution in [3.05, 3.63) is 28.8 Å². The van der Waals surface area contributed by atoms with Crippen molar-refractivity contribution in [1.82, 2.24) is 5.32 Å². The average Bonchev–Trinajstić information content (AvgIpc) is 3.12. The molecule has 4 heteroatoms. The number of carbonyl (C=O) groups is 1. The number of amides is 1. The van der Waals surface area contributed by atoms with Gasteiger partial charge in [-0.1, -0.05) is 30.5 Å². The SMILES string of the molecule is Nc1cccc(C(=O)NCCCC2CC2)c1Cl. The summed E-state index contributed by atoms with van der Waals surface area (Å²) in [5.41, 5.74) is 6.55. The van der Waals surface area contributed by atoms with Crippen LogP contribution in [0.3, 0.4) is 0 Å². The lowest BCUT2D eigenvalue weighted by Gasteiger charge is -2.07. The van der Waals surface area contributed by atoms with Crippen molar-refractivity contribution in [2.75, 3.05) is 12.3 Å². The molecule has 1 aromatic carbocycles. The number of rotatable bonds is 5. The molecule has 1 aliphatic carbocycles. The largest absolute Gasteiger partial charge is 0.398 e. The Hall–Kier alpha value is -1.22. The van der Waals surface area contributed by atoms with Crippen LogP contribution < -0.4 is 11.1 Å². The number of nitrogen functional groups attached to an aromatic ring is 1. The van der Waals surface area contributed by atoms with Crippen LogP contribution in [0.2, 0.25) is 5.02 Å². The predicted molar refractivity (Wildman–Crippen MR) is 70.2 cm³/mol. The molecule has 0 radical (unpaired) electrons. The second-order valence-corrected chi connectivity index (χ2v) is 4.93. The van der Waals surface area contributed by atoms with Crippen LogP contribution in [-0.4, -0.2) is 12.5 Å². The van der Waals surface area contributed by atoms with Gasteiger partial charge in [0.1, 0.15) is 0 Å². The molecule has 3 nitrogen and oxygen atoms in total. The van der Waals surface area contributed by atoms with E-state index in [-0.39, 0.29) is 5.91 Å². The molecular weight excluding hydrogens is 236 g/mol. The van der Waals surface area contributed by atoms with Crippen LogP contribution in [0.1, 0.15) is 36.0 Å². The Kier molecular flexibility index (Phi) is 3.89. The van der Waals surface area contributed by atoms with E-state index in [1.807, 2.05) is 0 Å². The predicted octanol–water partition coefficient (Wildman–Crippen LogP) is 2.84. The first kappa shape index (κ1) is 12.2. The second-order valence-electron chi connectivity index (χ2n) is 4.55. The van der Waals surface area contributed by atoms with Crippen molar-refractivity contribution in [2.45, 2.75) is 25.7 Å². The smallest absolute Gasteiger partial charge is 0.252 e. The highest BCUT2D eigenvalue weighted by molar-refractivity contribution is 6.36. The van der Waals surface area contributed by atoms with Gasteiger partial charge >= 0.3 is 0 Å². The van der Waals surface area contributed by atoms with Crippen molar-refractivity contribution in [2.24, 2.45) is 5.92 Å². The monoisotopic (exact) mass is 252 g/mol. The molecule has 1 aromatic rings. The van der Waals surface area contributed by atoms with Gasteiger partial charge < -0.3 is 11.1 Å². The number of nitrogens with two attached hydrogens (primary N) is 1. The van der Waals surface area contributed by atoms with Gasteiger partial charge in [-0.15, -0.1) is 0 Å². The summed E-state index contributed by atoms with van der Waals surface area (Å²) < 4.78 is 0. The number of benzene rings is 1. The molecule has 1 saturated carbocycles. The third kappa shape index (κ3) is 3.37.